The van der Waals surface area contributed by atoms with Crippen LogP contribution in [0.15, 0.2) is 36.5 Å². The van der Waals surface area contributed by atoms with Gasteiger partial charge in [-0.1, -0.05) is 30.3 Å². The molecule has 0 amide bonds. The van der Waals surface area contributed by atoms with Crippen LogP contribution in [-0.4, -0.2) is 22.0 Å². The lowest BCUT2D eigenvalue weighted by Gasteiger charge is -2.35. The van der Waals surface area contributed by atoms with Gasteiger partial charge in [-0.05, 0) is 38.3 Å². The third-order valence-corrected chi connectivity index (χ3v) is 5.06. The van der Waals surface area contributed by atoms with Crippen LogP contribution in [0.2, 0.25) is 0 Å². The number of nitrogens with zero attached hydrogens (tertiary/aromatic N) is 2. The van der Waals surface area contributed by atoms with E-state index in [0.717, 1.165) is 13.0 Å². The maximum Gasteiger partial charge on any atom is 0.180 e. The number of likely N-dealkylation sites (tertiary alicyclic amines) is 1. The summed E-state index contributed by atoms with van der Waals surface area (Å²) >= 11 is 1.61. The average molecular weight is 324 g/mol. The molecule has 2 N–H and O–H groups in total. The van der Waals surface area contributed by atoms with Gasteiger partial charge in [-0.3, -0.25) is 4.90 Å². The van der Waals surface area contributed by atoms with Gasteiger partial charge in [0.1, 0.15) is 0 Å². The lowest BCUT2D eigenvalue weighted by molar-refractivity contribution is 0.148. The molecule has 0 spiro atoms. The zero-order chi connectivity index (χ0) is 14.0. The van der Waals surface area contributed by atoms with Crippen molar-refractivity contribution in [2.45, 2.75) is 38.3 Å². The summed E-state index contributed by atoms with van der Waals surface area (Å²) in [7, 11) is 0. The summed E-state index contributed by atoms with van der Waals surface area (Å²) in [6.45, 7) is 4.52. The van der Waals surface area contributed by atoms with Crippen LogP contribution in [0.4, 0.5) is 5.13 Å². The van der Waals surface area contributed by atoms with E-state index in [2.05, 4.69) is 47.1 Å². The standard InChI is InChI=1S/C16H21N3S.ClH/c1-16(10-13-6-3-2-4-7-13)8-5-9-19(16)12-14-11-18-15(17)20-14;/h2-4,6-7,11H,5,8-10,12H2,1H3,(H2,17,18);1H. The molecule has 1 unspecified atom stereocenters. The summed E-state index contributed by atoms with van der Waals surface area (Å²) in [5.41, 5.74) is 7.40. The van der Waals surface area contributed by atoms with Crippen molar-refractivity contribution < 1.29 is 0 Å². The quantitative estimate of drug-likeness (QED) is 0.932. The van der Waals surface area contributed by atoms with Gasteiger partial charge in [0.2, 0.25) is 0 Å². The molecule has 3 rings (SSSR count). The summed E-state index contributed by atoms with van der Waals surface area (Å²) in [5.74, 6) is 0. The third-order valence-electron chi connectivity index (χ3n) is 4.25. The van der Waals surface area contributed by atoms with Gasteiger partial charge in [0.25, 0.3) is 0 Å². The molecule has 1 atom stereocenters. The molecule has 1 saturated heterocycles. The van der Waals surface area contributed by atoms with E-state index >= 15 is 0 Å². The van der Waals surface area contributed by atoms with Crippen molar-refractivity contribution in [2.75, 3.05) is 12.3 Å². The van der Waals surface area contributed by atoms with Crippen LogP contribution in [0.1, 0.15) is 30.2 Å². The van der Waals surface area contributed by atoms with Crippen LogP contribution >= 0.6 is 23.7 Å². The van der Waals surface area contributed by atoms with E-state index in [0.29, 0.717) is 5.13 Å². The second-order valence-corrected chi connectivity index (χ2v) is 7.00. The highest BCUT2D eigenvalue weighted by molar-refractivity contribution is 7.15. The molecular formula is C16H22ClN3S. The van der Waals surface area contributed by atoms with E-state index in [4.69, 9.17) is 5.73 Å². The minimum Gasteiger partial charge on any atom is -0.375 e. The minimum absolute atomic E-state index is 0. The molecule has 0 aliphatic carbocycles. The monoisotopic (exact) mass is 323 g/mol. The molecule has 1 fully saturated rings. The van der Waals surface area contributed by atoms with Crippen LogP contribution in [0.5, 0.6) is 0 Å². The first kappa shape index (κ1) is 16.3. The Hall–Kier alpha value is -1.10. The number of halogens is 1. The summed E-state index contributed by atoms with van der Waals surface area (Å²) in [4.78, 5) is 8.02. The fourth-order valence-electron chi connectivity index (χ4n) is 3.17. The largest absolute Gasteiger partial charge is 0.375 e. The van der Waals surface area contributed by atoms with Gasteiger partial charge in [-0.15, -0.1) is 23.7 Å². The number of nitrogen functional groups attached to an aromatic ring is 1. The average Bonchev–Trinajstić information content (AvgIpc) is 2.99. The Balaban J connectivity index is 0.00000161. The van der Waals surface area contributed by atoms with Gasteiger partial charge < -0.3 is 5.73 Å². The van der Waals surface area contributed by atoms with Crippen molar-refractivity contribution in [1.29, 1.82) is 0 Å². The van der Waals surface area contributed by atoms with E-state index in [9.17, 15) is 0 Å². The lowest BCUT2D eigenvalue weighted by Crippen LogP contribution is -2.42. The Morgan fingerprint density at radius 3 is 2.76 bits per heavy atom. The van der Waals surface area contributed by atoms with Crippen LogP contribution < -0.4 is 5.73 Å². The highest BCUT2D eigenvalue weighted by Gasteiger charge is 2.36. The molecule has 3 nitrogen and oxygen atoms in total. The summed E-state index contributed by atoms with van der Waals surface area (Å²) in [6, 6.07) is 10.8. The second-order valence-electron chi connectivity index (χ2n) is 5.85. The summed E-state index contributed by atoms with van der Waals surface area (Å²) in [6.07, 6.45) is 5.57. The molecule has 114 valence electrons. The predicted molar refractivity (Wildman–Crippen MR) is 92.0 cm³/mol. The van der Waals surface area contributed by atoms with E-state index in [1.54, 1.807) is 11.3 Å². The molecule has 1 aromatic carbocycles. The molecule has 21 heavy (non-hydrogen) atoms. The number of thiazole rings is 1. The fraction of sp³-hybridized carbons (Fsp3) is 0.438. The number of nitrogens with two attached hydrogens (primary N) is 1. The van der Waals surface area contributed by atoms with E-state index < -0.39 is 0 Å². The minimum atomic E-state index is 0. The molecule has 0 saturated carbocycles. The fourth-order valence-corrected chi connectivity index (χ4v) is 3.87. The molecule has 5 heteroatoms. The molecule has 2 aromatic rings. The van der Waals surface area contributed by atoms with Crippen molar-refractivity contribution in [3.8, 4) is 0 Å². The van der Waals surface area contributed by atoms with Crippen molar-refractivity contribution >= 4 is 28.9 Å². The highest BCUT2D eigenvalue weighted by atomic mass is 35.5. The van der Waals surface area contributed by atoms with Gasteiger partial charge >= 0.3 is 0 Å². The Kier molecular flexibility index (Phi) is 5.25. The second kappa shape index (κ2) is 6.77. The van der Waals surface area contributed by atoms with E-state index in [1.807, 2.05) is 6.20 Å². The number of hydrogen-bond donors (Lipinski definition) is 1. The number of benzene rings is 1. The number of hydrogen-bond acceptors (Lipinski definition) is 4. The van der Waals surface area contributed by atoms with Crippen molar-refractivity contribution in [1.82, 2.24) is 9.88 Å². The Morgan fingerprint density at radius 2 is 2.10 bits per heavy atom. The van der Waals surface area contributed by atoms with Crippen LogP contribution in [0, 0.1) is 0 Å². The number of rotatable bonds is 4. The molecule has 1 aliphatic rings. The van der Waals surface area contributed by atoms with Crippen molar-refractivity contribution in [3.63, 3.8) is 0 Å². The molecule has 1 aromatic heterocycles. The van der Waals surface area contributed by atoms with Gasteiger partial charge in [-0.2, -0.15) is 0 Å². The van der Waals surface area contributed by atoms with Crippen molar-refractivity contribution in [2.24, 2.45) is 0 Å². The third kappa shape index (κ3) is 3.76. The highest BCUT2D eigenvalue weighted by Crippen LogP contribution is 2.34. The molecule has 2 heterocycles. The van der Waals surface area contributed by atoms with Gasteiger partial charge in [-0.25, -0.2) is 4.98 Å². The lowest BCUT2D eigenvalue weighted by atomic mass is 9.90. The predicted octanol–water partition coefficient (Wildman–Crippen LogP) is 3.74. The SMILES string of the molecule is CC1(Cc2ccccc2)CCCN1Cc1cnc(N)s1.Cl. The Morgan fingerprint density at radius 1 is 1.33 bits per heavy atom. The summed E-state index contributed by atoms with van der Waals surface area (Å²) in [5, 5.41) is 0.670. The first-order valence-electron chi connectivity index (χ1n) is 7.15. The van der Waals surface area contributed by atoms with Gasteiger partial charge in [0.15, 0.2) is 5.13 Å². The van der Waals surface area contributed by atoms with E-state index in [-0.39, 0.29) is 17.9 Å². The van der Waals surface area contributed by atoms with Crippen LogP contribution in [0.25, 0.3) is 0 Å². The molecular weight excluding hydrogens is 302 g/mol. The Labute approximate surface area is 136 Å². The van der Waals surface area contributed by atoms with Crippen LogP contribution in [-0.2, 0) is 13.0 Å². The first-order valence-corrected chi connectivity index (χ1v) is 7.96. The number of anilines is 1. The molecule has 1 aliphatic heterocycles. The maximum atomic E-state index is 5.73. The topological polar surface area (TPSA) is 42.2 Å². The van der Waals surface area contributed by atoms with Gasteiger partial charge in [0, 0.05) is 23.2 Å². The van der Waals surface area contributed by atoms with Crippen molar-refractivity contribution in [3.05, 3.63) is 47.0 Å². The molecule has 0 bridgehead atoms. The van der Waals surface area contributed by atoms with Crippen LogP contribution in [0.3, 0.4) is 0 Å². The summed E-state index contributed by atoms with van der Waals surface area (Å²) < 4.78 is 0. The van der Waals surface area contributed by atoms with Gasteiger partial charge in [0.05, 0.1) is 0 Å². The maximum absolute atomic E-state index is 5.73. The van der Waals surface area contributed by atoms with E-state index in [1.165, 1.54) is 29.8 Å². The number of aromatic nitrogens is 1. The Bertz CT molecular complexity index is 572. The normalized spacial score (nSPS) is 22.1. The zero-order valence-electron chi connectivity index (χ0n) is 12.3. The zero-order valence-corrected chi connectivity index (χ0v) is 13.9. The smallest absolute Gasteiger partial charge is 0.180 e. The molecule has 0 radical (unpaired) electrons. The first-order chi connectivity index (χ1) is 9.66.